The highest BCUT2D eigenvalue weighted by Crippen LogP contribution is 2.25. The quantitative estimate of drug-likeness (QED) is 0.667. The molecule has 0 aliphatic rings. The van der Waals surface area contributed by atoms with Gasteiger partial charge in [0.1, 0.15) is 5.82 Å². The van der Waals surface area contributed by atoms with Crippen molar-refractivity contribution in [2.24, 2.45) is 0 Å². The van der Waals surface area contributed by atoms with Crippen molar-refractivity contribution in [2.75, 3.05) is 0 Å². The Morgan fingerprint density at radius 1 is 1.16 bits per heavy atom. The Bertz CT molecular complexity index is 683. The SMILES string of the molecule is CCC(C)c1ccc2c(ccn2-c2ccccn2)c1. The van der Waals surface area contributed by atoms with Gasteiger partial charge in [-0.1, -0.05) is 26.0 Å². The molecule has 2 heterocycles. The molecule has 0 aliphatic heterocycles. The smallest absolute Gasteiger partial charge is 0.137 e. The minimum absolute atomic E-state index is 0.614. The summed E-state index contributed by atoms with van der Waals surface area (Å²) in [6.07, 6.45) is 5.09. The lowest BCUT2D eigenvalue weighted by molar-refractivity contribution is 0.734. The Kier molecular flexibility index (Phi) is 3.08. The Morgan fingerprint density at radius 3 is 2.79 bits per heavy atom. The summed E-state index contributed by atoms with van der Waals surface area (Å²) in [5.74, 6) is 1.58. The summed E-state index contributed by atoms with van der Waals surface area (Å²) in [6.45, 7) is 4.50. The summed E-state index contributed by atoms with van der Waals surface area (Å²) in [6, 6.07) is 14.9. The summed E-state index contributed by atoms with van der Waals surface area (Å²) < 4.78 is 2.13. The first kappa shape index (κ1) is 12.0. The molecule has 0 bridgehead atoms. The number of hydrogen-bond donors (Lipinski definition) is 0. The lowest BCUT2D eigenvalue weighted by Gasteiger charge is -2.09. The fourth-order valence-electron chi connectivity index (χ4n) is 2.40. The first-order valence-electron chi connectivity index (χ1n) is 6.82. The molecule has 1 atom stereocenters. The molecule has 0 fully saturated rings. The summed E-state index contributed by atoms with van der Waals surface area (Å²) in [7, 11) is 0. The van der Waals surface area contributed by atoms with Crippen molar-refractivity contribution >= 4 is 10.9 Å². The second-order valence-corrected chi connectivity index (χ2v) is 5.00. The molecule has 0 N–H and O–H groups in total. The van der Waals surface area contributed by atoms with Crippen LogP contribution in [0.4, 0.5) is 0 Å². The molecule has 1 aromatic carbocycles. The van der Waals surface area contributed by atoms with E-state index in [2.05, 4.69) is 53.9 Å². The third-order valence-electron chi connectivity index (χ3n) is 3.79. The predicted octanol–water partition coefficient (Wildman–Crippen LogP) is 4.54. The van der Waals surface area contributed by atoms with Crippen molar-refractivity contribution in [1.29, 1.82) is 0 Å². The van der Waals surface area contributed by atoms with Gasteiger partial charge in [-0.3, -0.25) is 0 Å². The molecule has 96 valence electrons. The molecule has 0 saturated carbocycles. The van der Waals surface area contributed by atoms with Crippen LogP contribution in [0.5, 0.6) is 0 Å². The average molecular weight is 250 g/mol. The Morgan fingerprint density at radius 2 is 2.05 bits per heavy atom. The van der Waals surface area contributed by atoms with Gasteiger partial charge in [0, 0.05) is 17.8 Å². The fraction of sp³-hybridized carbons (Fsp3) is 0.235. The molecule has 1 unspecified atom stereocenters. The van der Waals surface area contributed by atoms with Crippen LogP contribution in [0.15, 0.2) is 54.9 Å². The number of nitrogens with zero attached hydrogens (tertiary/aromatic N) is 2. The molecule has 2 nitrogen and oxygen atoms in total. The topological polar surface area (TPSA) is 17.8 Å². The Hall–Kier alpha value is -2.09. The maximum atomic E-state index is 4.41. The van der Waals surface area contributed by atoms with Gasteiger partial charge in [-0.2, -0.15) is 0 Å². The summed E-state index contributed by atoms with van der Waals surface area (Å²) in [5.41, 5.74) is 2.62. The van der Waals surface area contributed by atoms with Crippen LogP contribution >= 0.6 is 0 Å². The molecule has 0 spiro atoms. The van der Waals surface area contributed by atoms with Gasteiger partial charge in [0.25, 0.3) is 0 Å². The lowest BCUT2D eigenvalue weighted by atomic mass is 9.98. The first-order valence-corrected chi connectivity index (χ1v) is 6.82. The number of aromatic nitrogens is 2. The standard InChI is InChI=1S/C17H18N2/c1-3-13(2)14-7-8-16-15(12-14)9-11-19(16)17-6-4-5-10-18-17/h4-13H,3H2,1-2H3. The molecule has 2 heteroatoms. The maximum Gasteiger partial charge on any atom is 0.137 e. The summed E-state index contributed by atoms with van der Waals surface area (Å²) in [4.78, 5) is 4.41. The fourth-order valence-corrected chi connectivity index (χ4v) is 2.40. The van der Waals surface area contributed by atoms with E-state index in [1.165, 1.54) is 22.9 Å². The van der Waals surface area contributed by atoms with Crippen molar-refractivity contribution in [2.45, 2.75) is 26.2 Å². The van der Waals surface area contributed by atoms with Crippen LogP contribution in [0.1, 0.15) is 31.7 Å². The van der Waals surface area contributed by atoms with E-state index < -0.39 is 0 Å². The van der Waals surface area contributed by atoms with Gasteiger partial charge in [-0.25, -0.2) is 4.98 Å². The van der Waals surface area contributed by atoms with E-state index in [0.717, 1.165) is 5.82 Å². The first-order chi connectivity index (χ1) is 9.29. The Balaban J connectivity index is 2.10. The van der Waals surface area contributed by atoms with Gasteiger partial charge in [0.15, 0.2) is 0 Å². The van der Waals surface area contributed by atoms with E-state index >= 15 is 0 Å². The predicted molar refractivity (Wildman–Crippen MR) is 79.8 cm³/mol. The van der Waals surface area contributed by atoms with Crippen LogP contribution in [0.3, 0.4) is 0 Å². The minimum atomic E-state index is 0.614. The molecular weight excluding hydrogens is 232 g/mol. The van der Waals surface area contributed by atoms with Gasteiger partial charge in [0.2, 0.25) is 0 Å². The minimum Gasteiger partial charge on any atom is -0.301 e. The third kappa shape index (κ3) is 2.14. The van der Waals surface area contributed by atoms with Gasteiger partial charge >= 0.3 is 0 Å². The molecule has 2 aromatic heterocycles. The Labute approximate surface area is 113 Å². The zero-order valence-corrected chi connectivity index (χ0v) is 11.4. The highest BCUT2D eigenvalue weighted by molar-refractivity contribution is 5.82. The molecule has 3 rings (SSSR count). The third-order valence-corrected chi connectivity index (χ3v) is 3.79. The van der Waals surface area contributed by atoms with Crippen LogP contribution in [0, 0.1) is 0 Å². The van der Waals surface area contributed by atoms with Gasteiger partial charge in [-0.05, 0) is 48.2 Å². The van der Waals surface area contributed by atoms with E-state index in [4.69, 9.17) is 0 Å². The van der Waals surface area contributed by atoms with Gasteiger partial charge in [0.05, 0.1) is 5.52 Å². The highest BCUT2D eigenvalue weighted by atomic mass is 15.0. The number of hydrogen-bond acceptors (Lipinski definition) is 1. The monoisotopic (exact) mass is 250 g/mol. The second-order valence-electron chi connectivity index (χ2n) is 5.00. The van der Waals surface area contributed by atoms with Crippen LogP contribution in [-0.4, -0.2) is 9.55 Å². The summed E-state index contributed by atoms with van der Waals surface area (Å²) in [5, 5.41) is 1.28. The largest absolute Gasteiger partial charge is 0.301 e. The number of rotatable bonds is 3. The van der Waals surface area contributed by atoms with E-state index in [1.54, 1.807) is 0 Å². The zero-order valence-electron chi connectivity index (χ0n) is 11.4. The zero-order chi connectivity index (χ0) is 13.2. The van der Waals surface area contributed by atoms with Crippen LogP contribution in [0.2, 0.25) is 0 Å². The van der Waals surface area contributed by atoms with Crippen molar-refractivity contribution < 1.29 is 0 Å². The van der Waals surface area contributed by atoms with Crippen molar-refractivity contribution in [1.82, 2.24) is 9.55 Å². The number of pyridine rings is 1. The van der Waals surface area contributed by atoms with Crippen molar-refractivity contribution in [3.63, 3.8) is 0 Å². The maximum absolute atomic E-state index is 4.41. The number of fused-ring (bicyclic) bond motifs is 1. The second kappa shape index (κ2) is 4.88. The average Bonchev–Trinajstić information content (AvgIpc) is 2.90. The van der Waals surface area contributed by atoms with Gasteiger partial charge in [-0.15, -0.1) is 0 Å². The number of benzene rings is 1. The van der Waals surface area contributed by atoms with Crippen LogP contribution in [-0.2, 0) is 0 Å². The van der Waals surface area contributed by atoms with Crippen molar-refractivity contribution in [3.8, 4) is 5.82 Å². The molecule has 0 radical (unpaired) electrons. The van der Waals surface area contributed by atoms with Crippen LogP contribution in [0.25, 0.3) is 16.7 Å². The van der Waals surface area contributed by atoms with E-state index in [-0.39, 0.29) is 0 Å². The van der Waals surface area contributed by atoms with E-state index in [1.807, 2.05) is 24.4 Å². The molecule has 3 aromatic rings. The van der Waals surface area contributed by atoms with Crippen molar-refractivity contribution in [3.05, 3.63) is 60.4 Å². The van der Waals surface area contributed by atoms with Crippen LogP contribution < -0.4 is 0 Å². The molecule has 0 aliphatic carbocycles. The lowest BCUT2D eigenvalue weighted by Crippen LogP contribution is -1.95. The molecular formula is C17H18N2. The molecule has 0 saturated heterocycles. The summed E-state index contributed by atoms with van der Waals surface area (Å²) >= 11 is 0. The van der Waals surface area contributed by atoms with E-state index in [9.17, 15) is 0 Å². The normalized spacial score (nSPS) is 12.7. The van der Waals surface area contributed by atoms with E-state index in [0.29, 0.717) is 5.92 Å². The van der Waals surface area contributed by atoms with Gasteiger partial charge < -0.3 is 4.57 Å². The highest BCUT2D eigenvalue weighted by Gasteiger charge is 2.07. The molecule has 0 amide bonds. The molecule has 19 heavy (non-hydrogen) atoms.